The van der Waals surface area contributed by atoms with Crippen LogP contribution in [0.5, 0.6) is 0 Å². The van der Waals surface area contributed by atoms with Crippen LogP contribution in [-0.4, -0.2) is 6.43 Å². The van der Waals surface area contributed by atoms with E-state index in [1.807, 2.05) is 6.92 Å². The minimum Gasteiger partial charge on any atom is -0.399 e. The molecular weight excluding hydrogens is 255 g/mol. The van der Waals surface area contributed by atoms with Crippen LogP contribution < -0.4 is 5.73 Å². The Hall–Kier alpha value is -0.540. The van der Waals surface area contributed by atoms with Gasteiger partial charge in [-0.15, -0.1) is 24.8 Å². The average Bonchev–Trinajstić information content (AvgIpc) is 2.09. The summed E-state index contributed by atoms with van der Waals surface area (Å²) in [5, 5.41) is 0. The van der Waals surface area contributed by atoms with Gasteiger partial charge >= 0.3 is 0 Å². The van der Waals surface area contributed by atoms with Gasteiger partial charge in [0.05, 0.1) is 0 Å². The van der Waals surface area contributed by atoms with Crippen molar-refractivity contribution in [3.05, 3.63) is 29.3 Å². The van der Waals surface area contributed by atoms with Crippen molar-refractivity contribution in [3.8, 4) is 0 Å². The molecule has 0 radical (unpaired) electrons. The van der Waals surface area contributed by atoms with Crippen LogP contribution >= 0.6 is 24.8 Å². The summed E-state index contributed by atoms with van der Waals surface area (Å²) in [6, 6.07) is 5.17. The number of hydrogen-bond acceptors (Lipinski definition) is 1. The van der Waals surface area contributed by atoms with Crippen LogP contribution in [0.2, 0.25) is 0 Å². The quantitative estimate of drug-likeness (QED) is 0.827. The Bertz CT molecular complexity index is 306. The van der Waals surface area contributed by atoms with Gasteiger partial charge in [0, 0.05) is 12.1 Å². The first kappa shape index (κ1) is 17.8. The number of anilines is 1. The van der Waals surface area contributed by atoms with Crippen LogP contribution in [0.1, 0.15) is 24.5 Å². The first-order valence-corrected chi connectivity index (χ1v) is 4.79. The predicted molar refractivity (Wildman–Crippen MR) is 69.1 cm³/mol. The molecule has 0 heterocycles. The Morgan fingerprint density at radius 1 is 1.19 bits per heavy atom. The van der Waals surface area contributed by atoms with E-state index in [0.29, 0.717) is 5.69 Å². The summed E-state index contributed by atoms with van der Waals surface area (Å²) >= 11 is 0. The first-order chi connectivity index (χ1) is 6.63. The molecule has 94 valence electrons. The van der Waals surface area contributed by atoms with Crippen molar-refractivity contribution >= 4 is 30.5 Å². The second-order valence-electron chi connectivity index (χ2n) is 3.37. The lowest BCUT2D eigenvalue weighted by molar-refractivity contribution is 0.149. The zero-order valence-corrected chi connectivity index (χ0v) is 10.7. The Morgan fingerprint density at radius 3 is 2.31 bits per heavy atom. The van der Waals surface area contributed by atoms with Gasteiger partial charge in [0.15, 0.2) is 0 Å². The molecule has 5 heteroatoms. The van der Waals surface area contributed by atoms with Gasteiger partial charge in [-0.2, -0.15) is 0 Å². The van der Waals surface area contributed by atoms with Gasteiger partial charge in [0.25, 0.3) is 0 Å². The van der Waals surface area contributed by atoms with E-state index in [1.54, 1.807) is 18.2 Å². The molecule has 0 saturated heterocycles. The summed E-state index contributed by atoms with van der Waals surface area (Å²) < 4.78 is 24.4. The molecule has 0 amide bonds. The van der Waals surface area contributed by atoms with E-state index in [9.17, 15) is 8.78 Å². The largest absolute Gasteiger partial charge is 0.399 e. The van der Waals surface area contributed by atoms with E-state index < -0.39 is 6.43 Å². The maximum atomic E-state index is 12.2. The number of hydrogen-bond donors (Lipinski definition) is 1. The van der Waals surface area contributed by atoms with Gasteiger partial charge in [-0.1, -0.05) is 19.4 Å². The zero-order chi connectivity index (χ0) is 10.6. The molecule has 0 aliphatic heterocycles. The molecule has 0 fully saturated rings. The van der Waals surface area contributed by atoms with Gasteiger partial charge < -0.3 is 5.73 Å². The molecule has 0 unspecified atom stereocenters. The van der Waals surface area contributed by atoms with E-state index in [-0.39, 0.29) is 31.2 Å². The second-order valence-corrected chi connectivity index (χ2v) is 3.37. The van der Waals surface area contributed by atoms with Crippen molar-refractivity contribution in [2.45, 2.75) is 32.6 Å². The van der Waals surface area contributed by atoms with Crippen LogP contribution in [0.15, 0.2) is 18.2 Å². The Kier molecular flexibility index (Phi) is 9.58. The molecule has 1 rings (SSSR count). The van der Waals surface area contributed by atoms with Crippen LogP contribution in [0.3, 0.4) is 0 Å². The third-order valence-corrected chi connectivity index (χ3v) is 2.12. The van der Waals surface area contributed by atoms with E-state index in [1.165, 1.54) is 0 Å². The molecule has 1 aromatic rings. The minimum atomic E-state index is -2.28. The lowest BCUT2D eigenvalue weighted by Crippen LogP contribution is -2.02. The Morgan fingerprint density at radius 2 is 1.81 bits per heavy atom. The van der Waals surface area contributed by atoms with E-state index in [0.717, 1.165) is 24.0 Å². The van der Waals surface area contributed by atoms with E-state index >= 15 is 0 Å². The first-order valence-electron chi connectivity index (χ1n) is 4.79. The highest BCUT2D eigenvalue weighted by Crippen LogP contribution is 2.18. The Labute approximate surface area is 107 Å². The van der Waals surface area contributed by atoms with Crippen molar-refractivity contribution in [2.24, 2.45) is 0 Å². The van der Waals surface area contributed by atoms with Gasteiger partial charge in [-0.25, -0.2) is 8.78 Å². The fraction of sp³-hybridized carbons (Fsp3) is 0.455. The summed E-state index contributed by atoms with van der Waals surface area (Å²) in [4.78, 5) is 0. The number of aryl methyl sites for hydroxylation is 1. The molecule has 0 bridgehead atoms. The normalized spacial score (nSPS) is 9.50. The number of alkyl halides is 2. The van der Waals surface area contributed by atoms with Crippen molar-refractivity contribution in [3.63, 3.8) is 0 Å². The highest BCUT2D eigenvalue weighted by Gasteiger charge is 2.08. The standard InChI is InChI=1S/C11H15F2N.2ClH/c1-2-3-8-6-10(14)5-4-9(8)7-11(12)13;;/h4-6,11H,2-3,7,14H2,1H3;2*1H. The zero-order valence-electron chi connectivity index (χ0n) is 9.08. The molecule has 0 saturated carbocycles. The molecule has 0 spiro atoms. The topological polar surface area (TPSA) is 26.0 Å². The SMILES string of the molecule is CCCc1cc(N)ccc1CC(F)F.Cl.Cl. The summed E-state index contributed by atoms with van der Waals surface area (Å²) in [5.74, 6) is 0. The van der Waals surface area contributed by atoms with Crippen LogP contribution in [-0.2, 0) is 12.8 Å². The molecule has 0 aliphatic rings. The monoisotopic (exact) mass is 271 g/mol. The summed E-state index contributed by atoms with van der Waals surface area (Å²) in [5.41, 5.74) is 7.92. The molecule has 1 nitrogen and oxygen atoms in total. The van der Waals surface area contributed by atoms with Crippen LogP contribution in [0.25, 0.3) is 0 Å². The Balaban J connectivity index is 0. The van der Waals surface area contributed by atoms with Gasteiger partial charge in [0.1, 0.15) is 0 Å². The molecule has 0 atom stereocenters. The number of benzene rings is 1. The maximum absolute atomic E-state index is 12.2. The number of rotatable bonds is 4. The number of nitrogens with two attached hydrogens (primary N) is 1. The third kappa shape index (κ3) is 5.52. The van der Waals surface area contributed by atoms with E-state index in [2.05, 4.69) is 0 Å². The molecule has 2 N–H and O–H groups in total. The predicted octanol–water partition coefficient (Wildman–Crippen LogP) is 3.87. The van der Waals surface area contributed by atoms with Crippen LogP contribution in [0, 0.1) is 0 Å². The van der Waals surface area contributed by atoms with Crippen molar-refractivity contribution in [1.29, 1.82) is 0 Å². The number of nitrogen functional groups attached to an aromatic ring is 1. The molecule has 0 aromatic heterocycles. The molecule has 16 heavy (non-hydrogen) atoms. The third-order valence-electron chi connectivity index (χ3n) is 2.12. The van der Waals surface area contributed by atoms with Gasteiger partial charge in [-0.05, 0) is 29.7 Å². The van der Waals surface area contributed by atoms with Crippen molar-refractivity contribution < 1.29 is 8.78 Å². The maximum Gasteiger partial charge on any atom is 0.242 e. The summed E-state index contributed by atoms with van der Waals surface area (Å²) in [6.45, 7) is 2.02. The van der Waals surface area contributed by atoms with Crippen molar-refractivity contribution in [1.82, 2.24) is 0 Å². The fourth-order valence-electron chi connectivity index (χ4n) is 1.51. The number of halogens is 4. The molecular formula is C11H17Cl2F2N. The smallest absolute Gasteiger partial charge is 0.242 e. The summed E-state index contributed by atoms with van der Waals surface area (Å²) in [7, 11) is 0. The molecule has 1 aromatic carbocycles. The summed E-state index contributed by atoms with van der Waals surface area (Å²) in [6.07, 6.45) is -0.697. The van der Waals surface area contributed by atoms with Crippen molar-refractivity contribution in [2.75, 3.05) is 5.73 Å². The van der Waals surface area contributed by atoms with E-state index in [4.69, 9.17) is 5.73 Å². The lowest BCUT2D eigenvalue weighted by Gasteiger charge is -2.09. The lowest BCUT2D eigenvalue weighted by atomic mass is 10.0. The highest BCUT2D eigenvalue weighted by molar-refractivity contribution is 5.85. The second kappa shape index (κ2) is 8.59. The average molecular weight is 272 g/mol. The molecule has 0 aliphatic carbocycles. The van der Waals surface area contributed by atoms with Gasteiger partial charge in [-0.3, -0.25) is 0 Å². The van der Waals surface area contributed by atoms with Crippen LogP contribution in [0.4, 0.5) is 14.5 Å². The fourth-order valence-corrected chi connectivity index (χ4v) is 1.51. The van der Waals surface area contributed by atoms with Gasteiger partial charge in [0.2, 0.25) is 6.43 Å². The highest BCUT2D eigenvalue weighted by atomic mass is 35.5. The minimum absolute atomic E-state index is 0.